The summed E-state index contributed by atoms with van der Waals surface area (Å²) in [5.74, 6) is 0.869. The van der Waals surface area contributed by atoms with Gasteiger partial charge in [0.1, 0.15) is 5.82 Å². The Balaban J connectivity index is 2.15. The molecule has 5 heteroatoms. The van der Waals surface area contributed by atoms with E-state index in [2.05, 4.69) is 36.8 Å². The van der Waals surface area contributed by atoms with Crippen molar-refractivity contribution in [2.24, 2.45) is 7.05 Å². The van der Waals surface area contributed by atoms with E-state index in [4.69, 9.17) is 11.6 Å². The minimum Gasteiger partial charge on any atom is -0.358 e. The van der Waals surface area contributed by atoms with Gasteiger partial charge in [0.2, 0.25) is 0 Å². The highest BCUT2D eigenvalue weighted by molar-refractivity contribution is 6.31. The molecular weight excluding hydrogens is 358 g/mol. The Kier molecular flexibility index (Phi) is 4.81. The van der Waals surface area contributed by atoms with E-state index < -0.39 is 0 Å². The monoisotopic (exact) mass is 383 g/mol. The molecule has 2 aromatic heterocycles. The maximum absolute atomic E-state index is 12.9. The van der Waals surface area contributed by atoms with E-state index in [1.54, 1.807) is 6.07 Å². The van der Waals surface area contributed by atoms with Gasteiger partial charge >= 0.3 is 0 Å². The lowest BCUT2D eigenvalue weighted by molar-refractivity contribution is 0.590. The summed E-state index contributed by atoms with van der Waals surface area (Å²) in [6, 6.07) is 5.70. The molecule has 0 saturated carbocycles. The third-order valence-corrected chi connectivity index (χ3v) is 5.31. The van der Waals surface area contributed by atoms with Crippen molar-refractivity contribution in [2.45, 2.75) is 47.0 Å². The average molecular weight is 384 g/mol. The predicted octanol–water partition coefficient (Wildman–Crippen LogP) is 5.32. The van der Waals surface area contributed by atoms with Gasteiger partial charge in [0.15, 0.2) is 5.43 Å². The number of H-pyrrole nitrogens is 1. The Morgan fingerprint density at radius 3 is 2.30 bits per heavy atom. The number of aromatic amines is 1. The van der Waals surface area contributed by atoms with Crippen LogP contribution in [-0.4, -0.2) is 14.5 Å². The lowest BCUT2D eigenvalue weighted by Gasteiger charge is -2.22. The first-order valence-corrected chi connectivity index (χ1v) is 9.42. The number of halogens is 1. The van der Waals surface area contributed by atoms with Gasteiger partial charge in [0.25, 0.3) is 0 Å². The molecule has 0 spiro atoms. The summed E-state index contributed by atoms with van der Waals surface area (Å²) in [7, 11) is 1.92. The normalized spacial score (nSPS) is 11.9. The maximum atomic E-state index is 12.9. The van der Waals surface area contributed by atoms with Gasteiger partial charge in [0, 0.05) is 41.3 Å². The highest BCUT2D eigenvalue weighted by Crippen LogP contribution is 2.35. The maximum Gasteiger partial charge on any atom is 0.191 e. The fourth-order valence-electron chi connectivity index (χ4n) is 3.38. The van der Waals surface area contributed by atoms with Crippen molar-refractivity contribution in [1.29, 1.82) is 0 Å². The molecule has 0 bridgehead atoms. The van der Waals surface area contributed by atoms with Gasteiger partial charge in [-0.3, -0.25) is 4.79 Å². The molecule has 27 heavy (non-hydrogen) atoms. The Morgan fingerprint density at radius 2 is 1.78 bits per heavy atom. The summed E-state index contributed by atoms with van der Waals surface area (Å²) < 4.78 is 1.91. The first kappa shape index (κ1) is 19.4. The number of rotatable bonds is 2. The molecule has 0 unspecified atom stereocenters. The second kappa shape index (κ2) is 6.68. The topological polar surface area (TPSA) is 50.7 Å². The average Bonchev–Trinajstić information content (AvgIpc) is 2.86. The van der Waals surface area contributed by atoms with Gasteiger partial charge in [-0.15, -0.1) is 0 Å². The van der Waals surface area contributed by atoms with Crippen molar-refractivity contribution in [2.75, 3.05) is 0 Å². The van der Waals surface area contributed by atoms with Crippen molar-refractivity contribution in [3.8, 4) is 22.5 Å². The zero-order valence-corrected chi connectivity index (χ0v) is 17.7. The van der Waals surface area contributed by atoms with Crippen LogP contribution in [0, 0.1) is 20.8 Å². The SMILES string of the molecule is Cc1cc(C(C)(C)C)c(Cl)cc1-c1cc(=O)c(-c2cn(C)c(C)n2)c(C)[nH]1. The molecule has 0 aliphatic heterocycles. The summed E-state index contributed by atoms with van der Waals surface area (Å²) in [5.41, 5.74) is 5.91. The van der Waals surface area contributed by atoms with Crippen molar-refractivity contribution in [1.82, 2.24) is 14.5 Å². The molecule has 0 radical (unpaired) electrons. The van der Waals surface area contributed by atoms with Gasteiger partial charge in [0.05, 0.1) is 11.3 Å². The van der Waals surface area contributed by atoms with Gasteiger partial charge in [-0.25, -0.2) is 4.98 Å². The van der Waals surface area contributed by atoms with Crippen LogP contribution in [0.15, 0.2) is 29.2 Å². The number of nitrogens with zero attached hydrogens (tertiary/aromatic N) is 2. The Bertz CT molecular complexity index is 1060. The molecule has 2 heterocycles. The number of imidazole rings is 1. The molecule has 0 aliphatic rings. The molecular formula is C22H26ClN3O. The molecule has 4 nitrogen and oxygen atoms in total. The van der Waals surface area contributed by atoms with Crippen molar-refractivity contribution < 1.29 is 0 Å². The highest BCUT2D eigenvalue weighted by atomic mass is 35.5. The van der Waals surface area contributed by atoms with E-state index in [-0.39, 0.29) is 10.8 Å². The molecule has 0 amide bonds. The number of hydrogen-bond donors (Lipinski definition) is 1. The van der Waals surface area contributed by atoms with E-state index in [0.29, 0.717) is 16.3 Å². The quantitative estimate of drug-likeness (QED) is 0.651. The molecule has 1 aromatic carbocycles. The smallest absolute Gasteiger partial charge is 0.191 e. The lowest BCUT2D eigenvalue weighted by atomic mass is 9.85. The first-order valence-electron chi connectivity index (χ1n) is 9.04. The number of benzene rings is 1. The Hall–Kier alpha value is -2.33. The summed E-state index contributed by atoms with van der Waals surface area (Å²) in [5, 5.41) is 0.714. The van der Waals surface area contributed by atoms with Crippen LogP contribution >= 0.6 is 11.6 Å². The fourth-order valence-corrected chi connectivity index (χ4v) is 3.82. The number of aryl methyl sites for hydroxylation is 4. The van der Waals surface area contributed by atoms with Gasteiger partial charge in [-0.2, -0.15) is 0 Å². The predicted molar refractivity (Wildman–Crippen MR) is 113 cm³/mol. The molecule has 0 saturated heterocycles. The molecule has 3 aromatic rings. The van der Waals surface area contributed by atoms with Crippen LogP contribution in [0.2, 0.25) is 5.02 Å². The van der Waals surface area contributed by atoms with Crippen LogP contribution < -0.4 is 5.43 Å². The van der Waals surface area contributed by atoms with Crippen LogP contribution in [0.4, 0.5) is 0 Å². The minimum atomic E-state index is -0.0465. The summed E-state index contributed by atoms with van der Waals surface area (Å²) in [6.07, 6.45) is 1.88. The van der Waals surface area contributed by atoms with Gasteiger partial charge < -0.3 is 9.55 Å². The van der Waals surface area contributed by atoms with Crippen LogP contribution in [0.3, 0.4) is 0 Å². The number of nitrogens with one attached hydrogen (secondary N) is 1. The molecule has 0 fully saturated rings. The number of pyridine rings is 1. The van der Waals surface area contributed by atoms with Crippen molar-refractivity contribution in [3.63, 3.8) is 0 Å². The molecule has 3 rings (SSSR count). The largest absolute Gasteiger partial charge is 0.358 e. The zero-order valence-electron chi connectivity index (χ0n) is 17.0. The molecule has 0 atom stereocenters. The summed E-state index contributed by atoms with van der Waals surface area (Å²) >= 11 is 6.56. The second-order valence-electron chi connectivity index (χ2n) is 8.23. The van der Waals surface area contributed by atoms with Crippen LogP contribution in [0.5, 0.6) is 0 Å². The van der Waals surface area contributed by atoms with E-state index in [9.17, 15) is 4.79 Å². The van der Waals surface area contributed by atoms with Crippen molar-refractivity contribution >= 4 is 11.6 Å². The summed E-state index contributed by atoms with van der Waals surface area (Å²) in [6.45, 7) is 12.3. The van der Waals surface area contributed by atoms with E-state index in [1.807, 2.05) is 44.6 Å². The number of hydrogen-bond acceptors (Lipinski definition) is 2. The Morgan fingerprint density at radius 1 is 1.11 bits per heavy atom. The molecule has 1 N–H and O–H groups in total. The second-order valence-corrected chi connectivity index (χ2v) is 8.64. The van der Waals surface area contributed by atoms with Crippen LogP contribution in [-0.2, 0) is 12.5 Å². The van der Waals surface area contributed by atoms with Gasteiger partial charge in [-0.05, 0) is 43.4 Å². The highest BCUT2D eigenvalue weighted by Gasteiger charge is 2.20. The summed E-state index contributed by atoms with van der Waals surface area (Å²) in [4.78, 5) is 20.8. The van der Waals surface area contributed by atoms with Gasteiger partial charge in [-0.1, -0.05) is 38.4 Å². The van der Waals surface area contributed by atoms with Crippen molar-refractivity contribution in [3.05, 3.63) is 62.3 Å². The third kappa shape index (κ3) is 3.59. The van der Waals surface area contributed by atoms with Crippen LogP contribution in [0.1, 0.15) is 43.4 Å². The molecule has 142 valence electrons. The van der Waals surface area contributed by atoms with E-state index >= 15 is 0 Å². The lowest BCUT2D eigenvalue weighted by Crippen LogP contribution is -2.13. The van der Waals surface area contributed by atoms with E-state index in [1.165, 1.54) is 0 Å². The third-order valence-electron chi connectivity index (χ3n) is 5.00. The zero-order chi connectivity index (χ0) is 20.1. The first-order chi connectivity index (χ1) is 12.5. The minimum absolute atomic E-state index is 0.0373. The number of aromatic nitrogens is 3. The van der Waals surface area contributed by atoms with Crippen LogP contribution in [0.25, 0.3) is 22.5 Å². The Labute approximate surface area is 165 Å². The van der Waals surface area contributed by atoms with E-state index in [0.717, 1.165) is 33.9 Å². The fraction of sp³-hybridized carbons (Fsp3) is 0.364. The molecule has 0 aliphatic carbocycles. The standard InChI is InChI=1S/C22H26ClN3O/c1-12-8-16(22(4,5)6)17(23)9-15(12)18-10-20(27)21(13(2)24-18)19-11-26(7)14(3)25-19/h8-11H,1-7H3,(H,24,27).